The first-order valence-electron chi connectivity index (χ1n) is 9.35. The van der Waals surface area contributed by atoms with Crippen LogP contribution in [0.15, 0.2) is 61.1 Å². The van der Waals surface area contributed by atoms with Crippen molar-refractivity contribution in [2.45, 2.75) is 6.18 Å². The lowest BCUT2D eigenvalue weighted by molar-refractivity contribution is -0.137. The first kappa shape index (κ1) is 19.7. The highest BCUT2D eigenvalue weighted by Gasteiger charge is 2.31. The van der Waals surface area contributed by atoms with E-state index in [1.54, 1.807) is 34.1 Å². The Kier molecular flexibility index (Phi) is 5.30. The maximum Gasteiger partial charge on any atom is 0.417 e. The Hall–Kier alpha value is -3.56. The maximum absolute atomic E-state index is 12.7. The fourth-order valence-electron chi connectivity index (χ4n) is 3.26. The topological polar surface area (TPSA) is 66.3 Å². The normalized spacial score (nSPS) is 14.6. The Bertz CT molecular complexity index is 996. The third kappa shape index (κ3) is 4.22. The second-order valence-electron chi connectivity index (χ2n) is 6.77. The zero-order valence-corrected chi connectivity index (χ0v) is 15.9. The zero-order valence-electron chi connectivity index (χ0n) is 15.9. The highest BCUT2D eigenvalue weighted by Crippen LogP contribution is 2.29. The zero-order chi connectivity index (χ0) is 21.1. The molecule has 0 radical (unpaired) electrons. The molecule has 0 aliphatic carbocycles. The molecule has 156 valence electrons. The number of alkyl halides is 3. The molecule has 1 N–H and O–H groups in total. The van der Waals surface area contributed by atoms with Gasteiger partial charge in [-0.3, -0.25) is 0 Å². The molecule has 0 unspecified atom stereocenters. The summed E-state index contributed by atoms with van der Waals surface area (Å²) in [5, 5.41) is 7.11. The van der Waals surface area contributed by atoms with Crippen LogP contribution in [0.4, 0.5) is 29.5 Å². The largest absolute Gasteiger partial charge is 0.417 e. The van der Waals surface area contributed by atoms with E-state index in [2.05, 4.69) is 15.4 Å². The Morgan fingerprint density at radius 3 is 2.40 bits per heavy atom. The molecular formula is C20H19F3N6O. The van der Waals surface area contributed by atoms with Crippen molar-refractivity contribution in [2.24, 2.45) is 0 Å². The maximum atomic E-state index is 12.7. The van der Waals surface area contributed by atoms with E-state index in [4.69, 9.17) is 0 Å². The average Bonchev–Trinajstić information content (AvgIpc) is 3.28. The van der Waals surface area contributed by atoms with Crippen LogP contribution in [0.25, 0.3) is 5.69 Å². The third-order valence-corrected chi connectivity index (χ3v) is 4.86. The number of urea groups is 1. The number of pyridine rings is 1. The molecule has 3 heterocycles. The van der Waals surface area contributed by atoms with Crippen LogP contribution in [0.1, 0.15) is 5.56 Å². The molecule has 1 saturated heterocycles. The highest BCUT2D eigenvalue weighted by atomic mass is 19.4. The molecule has 4 rings (SSSR count). The van der Waals surface area contributed by atoms with Gasteiger partial charge in [-0.2, -0.15) is 18.3 Å². The molecule has 1 fully saturated rings. The summed E-state index contributed by atoms with van der Waals surface area (Å²) in [5.41, 5.74) is 0.613. The number of halogens is 3. The number of para-hydroxylation sites is 2. The summed E-state index contributed by atoms with van der Waals surface area (Å²) >= 11 is 0. The number of nitrogens with one attached hydrogen (secondary N) is 1. The van der Waals surface area contributed by atoms with Gasteiger partial charge in [-0.05, 0) is 30.3 Å². The lowest BCUT2D eigenvalue weighted by Gasteiger charge is -2.35. The summed E-state index contributed by atoms with van der Waals surface area (Å²) < 4.78 is 39.7. The minimum absolute atomic E-state index is 0.241. The van der Waals surface area contributed by atoms with Crippen molar-refractivity contribution < 1.29 is 18.0 Å². The van der Waals surface area contributed by atoms with Crippen LogP contribution in [-0.2, 0) is 6.18 Å². The van der Waals surface area contributed by atoms with Gasteiger partial charge in [-0.1, -0.05) is 12.1 Å². The fourth-order valence-corrected chi connectivity index (χ4v) is 3.26. The molecule has 7 nitrogen and oxygen atoms in total. The van der Waals surface area contributed by atoms with Crippen LogP contribution >= 0.6 is 0 Å². The van der Waals surface area contributed by atoms with Gasteiger partial charge < -0.3 is 15.1 Å². The quantitative estimate of drug-likeness (QED) is 0.708. The number of carbonyl (C=O) groups is 1. The number of hydrogen-bond donors (Lipinski definition) is 1. The summed E-state index contributed by atoms with van der Waals surface area (Å²) in [6.07, 6.45) is -0.122. The van der Waals surface area contributed by atoms with Gasteiger partial charge in [-0.25, -0.2) is 14.5 Å². The van der Waals surface area contributed by atoms with Crippen LogP contribution in [0.3, 0.4) is 0 Å². The number of amides is 2. The number of piperazine rings is 1. The number of carbonyl (C=O) groups excluding carboxylic acids is 1. The third-order valence-electron chi connectivity index (χ3n) is 4.86. The van der Waals surface area contributed by atoms with Crippen molar-refractivity contribution in [3.8, 4) is 5.69 Å². The summed E-state index contributed by atoms with van der Waals surface area (Å²) in [7, 11) is 0. The standard InChI is InChI=1S/C20H19F3N6O/c21-20(22,23)15-6-7-18(24-14-15)27-10-12-28(13-11-27)19(30)26-16-4-1-2-5-17(16)29-9-3-8-25-29/h1-9,14H,10-13H2,(H,26,30). The Balaban J connectivity index is 1.37. The van der Waals surface area contributed by atoms with E-state index in [1.165, 1.54) is 6.07 Å². The van der Waals surface area contributed by atoms with E-state index in [0.717, 1.165) is 18.0 Å². The van der Waals surface area contributed by atoms with Gasteiger partial charge in [-0.15, -0.1) is 0 Å². The molecule has 0 saturated carbocycles. The molecule has 30 heavy (non-hydrogen) atoms. The van der Waals surface area contributed by atoms with Crippen LogP contribution < -0.4 is 10.2 Å². The molecule has 10 heteroatoms. The van der Waals surface area contributed by atoms with Crippen molar-refractivity contribution in [1.82, 2.24) is 19.7 Å². The Labute approximate surface area is 170 Å². The lowest BCUT2D eigenvalue weighted by atomic mass is 10.2. The number of benzene rings is 1. The van der Waals surface area contributed by atoms with Crippen molar-refractivity contribution in [2.75, 3.05) is 36.4 Å². The van der Waals surface area contributed by atoms with Crippen LogP contribution in [0, 0.1) is 0 Å². The van der Waals surface area contributed by atoms with E-state index < -0.39 is 11.7 Å². The number of aromatic nitrogens is 3. The van der Waals surface area contributed by atoms with Crippen LogP contribution in [0.5, 0.6) is 0 Å². The molecule has 3 aromatic rings. The minimum Gasteiger partial charge on any atom is -0.353 e. The van der Waals surface area contributed by atoms with E-state index in [-0.39, 0.29) is 6.03 Å². The average molecular weight is 416 g/mol. The first-order valence-corrected chi connectivity index (χ1v) is 9.35. The molecule has 1 aromatic carbocycles. The Morgan fingerprint density at radius 2 is 1.77 bits per heavy atom. The first-order chi connectivity index (χ1) is 14.4. The van der Waals surface area contributed by atoms with Crippen molar-refractivity contribution in [3.63, 3.8) is 0 Å². The summed E-state index contributed by atoms with van der Waals surface area (Å²) in [4.78, 5) is 20.2. The monoisotopic (exact) mass is 416 g/mol. The number of rotatable bonds is 3. The number of nitrogens with zero attached hydrogens (tertiary/aromatic N) is 5. The molecule has 1 aliphatic rings. The summed E-state index contributed by atoms with van der Waals surface area (Å²) in [5.74, 6) is 0.465. The minimum atomic E-state index is -4.41. The molecule has 0 spiro atoms. The molecular weight excluding hydrogens is 397 g/mol. The van der Waals surface area contributed by atoms with E-state index >= 15 is 0 Å². The van der Waals surface area contributed by atoms with Crippen molar-refractivity contribution >= 4 is 17.5 Å². The van der Waals surface area contributed by atoms with Crippen molar-refractivity contribution in [1.29, 1.82) is 0 Å². The predicted octanol–water partition coefficient (Wildman–Crippen LogP) is 3.64. The van der Waals surface area contributed by atoms with Gasteiger partial charge in [0.05, 0.1) is 16.9 Å². The molecule has 2 aromatic heterocycles. The molecule has 0 atom stereocenters. The van der Waals surface area contributed by atoms with Crippen LogP contribution in [-0.4, -0.2) is 51.9 Å². The second-order valence-corrected chi connectivity index (χ2v) is 6.77. The Morgan fingerprint density at radius 1 is 1.00 bits per heavy atom. The van der Waals surface area contributed by atoms with E-state index in [9.17, 15) is 18.0 Å². The highest BCUT2D eigenvalue weighted by molar-refractivity contribution is 5.91. The smallest absolute Gasteiger partial charge is 0.353 e. The van der Waals surface area contributed by atoms with Gasteiger partial charge in [0.15, 0.2) is 0 Å². The van der Waals surface area contributed by atoms with Gasteiger partial charge in [0.25, 0.3) is 0 Å². The molecule has 0 bridgehead atoms. The molecule has 2 amide bonds. The number of hydrogen-bond acceptors (Lipinski definition) is 4. The fraction of sp³-hybridized carbons (Fsp3) is 0.250. The SMILES string of the molecule is O=C(Nc1ccccc1-n1cccn1)N1CCN(c2ccc(C(F)(F)F)cn2)CC1. The predicted molar refractivity (Wildman–Crippen MR) is 106 cm³/mol. The van der Waals surface area contributed by atoms with E-state index in [0.29, 0.717) is 37.7 Å². The van der Waals surface area contributed by atoms with Crippen LogP contribution in [0.2, 0.25) is 0 Å². The van der Waals surface area contributed by atoms with Gasteiger partial charge in [0, 0.05) is 44.8 Å². The van der Waals surface area contributed by atoms with Gasteiger partial charge in [0.2, 0.25) is 0 Å². The number of anilines is 2. The molecule has 1 aliphatic heterocycles. The van der Waals surface area contributed by atoms with Crippen molar-refractivity contribution in [3.05, 3.63) is 66.6 Å². The van der Waals surface area contributed by atoms with E-state index in [1.807, 2.05) is 23.1 Å². The summed E-state index contributed by atoms with van der Waals surface area (Å²) in [6, 6.07) is 11.3. The van der Waals surface area contributed by atoms with Gasteiger partial charge in [0.1, 0.15) is 5.82 Å². The second kappa shape index (κ2) is 8.05. The summed E-state index contributed by atoms with van der Waals surface area (Å²) in [6.45, 7) is 1.82. The van der Waals surface area contributed by atoms with Gasteiger partial charge >= 0.3 is 12.2 Å². The lowest BCUT2D eigenvalue weighted by Crippen LogP contribution is -2.50.